The van der Waals surface area contributed by atoms with Crippen LogP contribution >= 0.6 is 11.3 Å². The molecule has 0 atom stereocenters. The maximum Gasteiger partial charge on any atom is 0.416 e. The van der Waals surface area contributed by atoms with Crippen molar-refractivity contribution in [1.29, 1.82) is 0 Å². The summed E-state index contributed by atoms with van der Waals surface area (Å²) in [5.74, 6) is 0.329. The van der Waals surface area contributed by atoms with E-state index in [9.17, 15) is 18.0 Å². The quantitative estimate of drug-likeness (QED) is 0.785. The average molecular weight is 354 g/mol. The zero-order valence-corrected chi connectivity index (χ0v) is 13.6. The highest BCUT2D eigenvalue weighted by atomic mass is 32.1. The molecule has 0 radical (unpaired) electrons. The molecule has 0 saturated heterocycles. The van der Waals surface area contributed by atoms with E-state index in [1.807, 2.05) is 0 Å². The Bertz CT molecular complexity index is 913. The Balaban J connectivity index is 1.77. The van der Waals surface area contributed by atoms with Crippen molar-refractivity contribution in [1.82, 2.24) is 19.9 Å². The highest BCUT2D eigenvalue weighted by Crippen LogP contribution is 2.29. The fraction of sp³-hybridized carbons (Fsp3) is 0.267. The number of rotatable bonds is 3. The Morgan fingerprint density at radius 2 is 2.04 bits per heavy atom. The molecule has 1 amide bonds. The van der Waals surface area contributed by atoms with Crippen LogP contribution in [0.5, 0.6) is 0 Å². The molecule has 0 fully saturated rings. The predicted molar refractivity (Wildman–Crippen MR) is 83.0 cm³/mol. The summed E-state index contributed by atoms with van der Waals surface area (Å²) < 4.78 is 39.9. The summed E-state index contributed by atoms with van der Waals surface area (Å²) in [7, 11) is 0. The zero-order valence-electron chi connectivity index (χ0n) is 12.8. The average Bonchev–Trinajstić information content (AvgIpc) is 3.05. The van der Waals surface area contributed by atoms with E-state index < -0.39 is 11.7 Å². The van der Waals surface area contributed by atoms with Crippen molar-refractivity contribution < 1.29 is 18.0 Å². The number of halogens is 3. The van der Waals surface area contributed by atoms with Gasteiger partial charge >= 0.3 is 6.18 Å². The maximum absolute atomic E-state index is 12.7. The normalized spacial score (nSPS) is 11.9. The summed E-state index contributed by atoms with van der Waals surface area (Å²) in [6, 6.07) is 4.89. The highest BCUT2D eigenvalue weighted by molar-refractivity contribution is 7.19. The van der Waals surface area contributed by atoms with Gasteiger partial charge in [0.2, 0.25) is 4.96 Å². The van der Waals surface area contributed by atoms with Gasteiger partial charge in [-0.1, -0.05) is 23.5 Å². The first-order valence-corrected chi connectivity index (χ1v) is 7.84. The van der Waals surface area contributed by atoms with Gasteiger partial charge in [-0.15, -0.1) is 10.2 Å². The van der Waals surface area contributed by atoms with Gasteiger partial charge in [0.1, 0.15) is 10.7 Å². The number of hydrogen-bond donors (Lipinski definition) is 1. The van der Waals surface area contributed by atoms with Crippen molar-refractivity contribution >= 4 is 22.2 Å². The standard InChI is InChI=1S/C15H13F3N4OS/c1-8-12(24-14-21-20-9(2)22(8)14)13(23)19-7-10-4-3-5-11(6-10)15(16,17)18/h3-6H,7H2,1-2H3,(H,19,23). The fourth-order valence-corrected chi connectivity index (χ4v) is 3.42. The number of carbonyl (C=O) groups is 1. The van der Waals surface area contributed by atoms with Crippen molar-refractivity contribution in [3.05, 3.63) is 51.8 Å². The van der Waals surface area contributed by atoms with Gasteiger partial charge in [0.25, 0.3) is 5.91 Å². The van der Waals surface area contributed by atoms with Crippen LogP contribution in [0.2, 0.25) is 0 Å². The Morgan fingerprint density at radius 1 is 1.29 bits per heavy atom. The number of fused-ring (bicyclic) bond motifs is 1. The van der Waals surface area contributed by atoms with Gasteiger partial charge < -0.3 is 5.32 Å². The van der Waals surface area contributed by atoms with Gasteiger partial charge in [-0.3, -0.25) is 9.20 Å². The summed E-state index contributed by atoms with van der Waals surface area (Å²) in [6.07, 6.45) is -4.40. The topological polar surface area (TPSA) is 59.3 Å². The molecule has 9 heteroatoms. The fourth-order valence-electron chi connectivity index (χ4n) is 2.39. The first-order chi connectivity index (χ1) is 11.3. The maximum atomic E-state index is 12.7. The molecule has 126 valence electrons. The number of thiazole rings is 1. The molecule has 2 aromatic heterocycles. The van der Waals surface area contributed by atoms with Gasteiger partial charge in [-0.05, 0) is 31.5 Å². The smallest absolute Gasteiger partial charge is 0.347 e. The lowest BCUT2D eigenvalue weighted by Crippen LogP contribution is -2.23. The molecule has 2 heterocycles. The molecule has 0 aliphatic rings. The second-order valence-corrected chi connectivity index (χ2v) is 6.24. The molecule has 0 unspecified atom stereocenters. The summed E-state index contributed by atoms with van der Waals surface area (Å²) >= 11 is 1.19. The lowest BCUT2D eigenvalue weighted by Gasteiger charge is -2.09. The molecule has 5 nitrogen and oxygen atoms in total. The molecule has 0 bridgehead atoms. The molecule has 0 aliphatic heterocycles. The van der Waals surface area contributed by atoms with E-state index in [-0.39, 0.29) is 12.5 Å². The van der Waals surface area contributed by atoms with Gasteiger partial charge in [-0.25, -0.2) is 0 Å². The Morgan fingerprint density at radius 3 is 2.71 bits per heavy atom. The highest BCUT2D eigenvalue weighted by Gasteiger charge is 2.30. The number of aromatic nitrogens is 3. The number of alkyl halides is 3. The van der Waals surface area contributed by atoms with Gasteiger partial charge in [0, 0.05) is 12.2 Å². The van der Waals surface area contributed by atoms with E-state index in [0.717, 1.165) is 12.1 Å². The van der Waals surface area contributed by atoms with E-state index in [2.05, 4.69) is 15.5 Å². The van der Waals surface area contributed by atoms with E-state index in [1.54, 1.807) is 18.2 Å². The molecule has 0 aliphatic carbocycles. The van der Waals surface area contributed by atoms with Gasteiger partial charge in [-0.2, -0.15) is 13.2 Å². The zero-order chi connectivity index (χ0) is 17.5. The van der Waals surface area contributed by atoms with Gasteiger partial charge in [0.05, 0.1) is 5.56 Å². The van der Waals surface area contributed by atoms with E-state index in [1.165, 1.54) is 23.5 Å². The van der Waals surface area contributed by atoms with Crippen LogP contribution in [0.4, 0.5) is 13.2 Å². The van der Waals surface area contributed by atoms with Crippen LogP contribution in [0.15, 0.2) is 24.3 Å². The third kappa shape index (κ3) is 2.99. The van der Waals surface area contributed by atoms with Gasteiger partial charge in [0.15, 0.2) is 0 Å². The molecule has 1 N–H and O–H groups in total. The van der Waals surface area contributed by atoms with Crippen molar-refractivity contribution in [2.45, 2.75) is 26.6 Å². The van der Waals surface area contributed by atoms with Crippen LogP contribution in [-0.4, -0.2) is 20.5 Å². The summed E-state index contributed by atoms with van der Waals surface area (Å²) in [5.41, 5.74) is 0.357. The predicted octanol–water partition coefficient (Wildman–Crippen LogP) is 3.36. The van der Waals surface area contributed by atoms with Crippen molar-refractivity contribution in [3.63, 3.8) is 0 Å². The number of hydrogen-bond acceptors (Lipinski definition) is 4. The lowest BCUT2D eigenvalue weighted by molar-refractivity contribution is -0.137. The van der Waals surface area contributed by atoms with Crippen LogP contribution in [0, 0.1) is 13.8 Å². The van der Waals surface area contributed by atoms with Crippen LogP contribution in [0.1, 0.15) is 32.3 Å². The van der Waals surface area contributed by atoms with E-state index in [4.69, 9.17) is 0 Å². The minimum atomic E-state index is -4.40. The molecule has 1 aromatic carbocycles. The van der Waals surface area contributed by atoms with Crippen molar-refractivity contribution in [3.8, 4) is 0 Å². The van der Waals surface area contributed by atoms with E-state index >= 15 is 0 Å². The number of amides is 1. The van der Waals surface area contributed by atoms with Crippen LogP contribution in [0.3, 0.4) is 0 Å². The molecule has 24 heavy (non-hydrogen) atoms. The Hall–Kier alpha value is -2.42. The molecular weight excluding hydrogens is 341 g/mol. The SMILES string of the molecule is Cc1nnc2sc(C(=O)NCc3cccc(C(F)(F)F)c3)c(C)n12. The number of carbonyl (C=O) groups excluding carboxylic acids is 1. The van der Waals surface area contributed by atoms with Crippen LogP contribution < -0.4 is 5.32 Å². The summed E-state index contributed by atoms with van der Waals surface area (Å²) in [4.78, 5) is 13.4. The minimum Gasteiger partial charge on any atom is -0.347 e. The first kappa shape index (κ1) is 16.4. The number of aryl methyl sites for hydroxylation is 2. The Labute approximate surface area is 139 Å². The van der Waals surface area contributed by atoms with Crippen LogP contribution in [-0.2, 0) is 12.7 Å². The molecule has 0 spiro atoms. The monoisotopic (exact) mass is 354 g/mol. The van der Waals surface area contributed by atoms with Crippen molar-refractivity contribution in [2.75, 3.05) is 0 Å². The third-order valence-electron chi connectivity index (χ3n) is 3.57. The minimum absolute atomic E-state index is 0.0135. The molecular formula is C15H13F3N4OS. The molecule has 3 aromatic rings. The first-order valence-electron chi connectivity index (χ1n) is 7.03. The summed E-state index contributed by atoms with van der Waals surface area (Å²) in [5, 5.41) is 10.5. The molecule has 0 saturated carbocycles. The Kier molecular flexibility index (Phi) is 4.04. The third-order valence-corrected chi connectivity index (χ3v) is 4.70. The lowest BCUT2D eigenvalue weighted by atomic mass is 10.1. The number of benzene rings is 1. The number of nitrogens with zero attached hydrogens (tertiary/aromatic N) is 3. The van der Waals surface area contributed by atoms with E-state index in [0.29, 0.717) is 26.9 Å². The largest absolute Gasteiger partial charge is 0.416 e. The number of nitrogens with one attached hydrogen (secondary N) is 1. The molecule has 3 rings (SSSR count). The van der Waals surface area contributed by atoms with Crippen LogP contribution in [0.25, 0.3) is 4.96 Å². The van der Waals surface area contributed by atoms with Crippen molar-refractivity contribution in [2.24, 2.45) is 0 Å². The summed E-state index contributed by atoms with van der Waals surface area (Å²) in [6.45, 7) is 3.57. The second-order valence-electron chi connectivity index (χ2n) is 5.26. The second kappa shape index (κ2) is 5.90.